The Bertz CT molecular complexity index is 831. The van der Waals surface area contributed by atoms with Crippen LogP contribution >= 0.6 is 11.8 Å². The Morgan fingerprint density at radius 3 is 2.80 bits per heavy atom. The second-order valence-electron chi connectivity index (χ2n) is 5.40. The van der Waals surface area contributed by atoms with Gasteiger partial charge in [0.2, 0.25) is 11.1 Å². The van der Waals surface area contributed by atoms with Gasteiger partial charge >= 0.3 is 5.97 Å². The fourth-order valence-corrected chi connectivity index (χ4v) is 3.43. The molecule has 7 nitrogen and oxygen atoms in total. The summed E-state index contributed by atoms with van der Waals surface area (Å²) < 4.78 is 12.2. The maximum absolute atomic E-state index is 12.5. The van der Waals surface area contributed by atoms with Crippen molar-refractivity contribution in [2.75, 3.05) is 25.3 Å². The summed E-state index contributed by atoms with van der Waals surface area (Å²) in [5, 5.41) is 8.40. The Morgan fingerprint density at radius 1 is 1.36 bits per heavy atom. The van der Waals surface area contributed by atoms with Crippen molar-refractivity contribution in [2.24, 2.45) is 0 Å². The number of methoxy groups -OCH3 is 2. The molecule has 2 heterocycles. The van der Waals surface area contributed by atoms with E-state index < -0.39 is 12.0 Å². The van der Waals surface area contributed by atoms with Crippen molar-refractivity contribution < 1.29 is 14.3 Å². The second kappa shape index (κ2) is 7.18. The van der Waals surface area contributed by atoms with E-state index in [1.54, 1.807) is 23.6 Å². The fraction of sp³-hybridized carbons (Fsp3) is 0.353. The van der Waals surface area contributed by atoms with Gasteiger partial charge < -0.3 is 14.8 Å². The molecule has 1 aliphatic heterocycles. The van der Waals surface area contributed by atoms with Crippen molar-refractivity contribution in [2.45, 2.75) is 25.0 Å². The summed E-state index contributed by atoms with van der Waals surface area (Å²) in [5.74, 6) is 1.72. The number of allylic oxidation sites excluding steroid dienone is 1. The molecule has 1 N–H and O–H groups in total. The van der Waals surface area contributed by atoms with E-state index in [2.05, 4.69) is 15.4 Å². The molecule has 0 saturated heterocycles. The molecule has 8 heteroatoms. The molecule has 1 aromatic carbocycles. The molecule has 1 aliphatic rings. The minimum Gasteiger partial charge on any atom is -0.496 e. The lowest BCUT2D eigenvalue weighted by atomic mass is 9.95. The van der Waals surface area contributed by atoms with Crippen LogP contribution in [0.1, 0.15) is 25.5 Å². The first-order valence-electron chi connectivity index (χ1n) is 7.89. The number of anilines is 1. The van der Waals surface area contributed by atoms with E-state index in [1.807, 2.05) is 38.1 Å². The quantitative estimate of drug-likeness (QED) is 0.649. The smallest absolute Gasteiger partial charge is 0.338 e. The van der Waals surface area contributed by atoms with E-state index >= 15 is 0 Å². The maximum Gasteiger partial charge on any atom is 0.338 e. The standard InChI is InChI=1S/C17H20N4O3S/c1-5-25-17-19-16-18-10(2)13(15(22)24-4)14(21(16)20-17)11-8-6-7-9-12(11)23-3/h6-9,14H,5H2,1-4H3,(H,18,19,20). The van der Waals surface area contributed by atoms with E-state index in [-0.39, 0.29) is 0 Å². The van der Waals surface area contributed by atoms with Crippen LogP contribution in [0.5, 0.6) is 5.75 Å². The fourth-order valence-electron chi connectivity index (χ4n) is 2.88. The van der Waals surface area contributed by atoms with Gasteiger partial charge in [-0.2, -0.15) is 4.98 Å². The topological polar surface area (TPSA) is 78.3 Å². The third-order valence-electron chi connectivity index (χ3n) is 3.95. The summed E-state index contributed by atoms with van der Waals surface area (Å²) in [7, 11) is 2.98. The highest BCUT2D eigenvalue weighted by atomic mass is 32.2. The van der Waals surface area contributed by atoms with E-state index in [9.17, 15) is 4.79 Å². The van der Waals surface area contributed by atoms with Crippen molar-refractivity contribution in [1.29, 1.82) is 0 Å². The Morgan fingerprint density at radius 2 is 2.12 bits per heavy atom. The molecule has 1 unspecified atom stereocenters. The summed E-state index contributed by atoms with van der Waals surface area (Å²) in [6.45, 7) is 3.87. The zero-order chi connectivity index (χ0) is 18.0. The lowest BCUT2D eigenvalue weighted by Crippen LogP contribution is -2.29. The molecule has 2 aromatic rings. The number of para-hydroxylation sites is 1. The zero-order valence-corrected chi connectivity index (χ0v) is 15.4. The number of carbonyl (C=O) groups excluding carboxylic acids is 1. The molecule has 1 atom stereocenters. The molecule has 132 valence electrons. The van der Waals surface area contributed by atoms with Gasteiger partial charge in [0.1, 0.15) is 11.8 Å². The average Bonchev–Trinajstić information content (AvgIpc) is 3.02. The number of carbonyl (C=O) groups is 1. The first-order chi connectivity index (χ1) is 12.1. The first kappa shape index (κ1) is 17.3. The molecule has 0 bridgehead atoms. The number of ether oxygens (including phenoxy) is 2. The highest BCUT2D eigenvalue weighted by Gasteiger charge is 2.36. The van der Waals surface area contributed by atoms with Gasteiger partial charge in [-0.3, -0.25) is 0 Å². The Hall–Kier alpha value is -2.48. The van der Waals surface area contributed by atoms with Crippen LogP contribution in [0, 0.1) is 0 Å². The van der Waals surface area contributed by atoms with Crippen molar-refractivity contribution in [3.8, 4) is 5.75 Å². The molecule has 0 aliphatic carbocycles. The summed E-state index contributed by atoms with van der Waals surface area (Å²) in [4.78, 5) is 17.0. The number of fused-ring (bicyclic) bond motifs is 1. The van der Waals surface area contributed by atoms with Crippen LogP contribution in [0.15, 0.2) is 40.7 Å². The van der Waals surface area contributed by atoms with Crippen LogP contribution in [0.25, 0.3) is 0 Å². The molecular formula is C17H20N4O3S. The van der Waals surface area contributed by atoms with Gasteiger partial charge in [0.25, 0.3) is 0 Å². The van der Waals surface area contributed by atoms with Crippen LogP contribution < -0.4 is 10.1 Å². The highest BCUT2D eigenvalue weighted by molar-refractivity contribution is 7.99. The third kappa shape index (κ3) is 3.09. The molecule has 0 fully saturated rings. The summed E-state index contributed by atoms with van der Waals surface area (Å²) in [5.41, 5.74) is 2.00. The number of rotatable bonds is 5. The summed E-state index contributed by atoms with van der Waals surface area (Å²) in [6.07, 6.45) is 0. The normalized spacial score (nSPS) is 16.2. The van der Waals surface area contributed by atoms with Crippen molar-refractivity contribution >= 4 is 23.7 Å². The number of benzene rings is 1. The lowest BCUT2D eigenvalue weighted by molar-refractivity contribution is -0.136. The summed E-state index contributed by atoms with van der Waals surface area (Å²) in [6, 6.07) is 7.10. The summed E-state index contributed by atoms with van der Waals surface area (Å²) >= 11 is 1.54. The lowest BCUT2D eigenvalue weighted by Gasteiger charge is -2.28. The highest BCUT2D eigenvalue weighted by Crippen LogP contribution is 2.39. The first-order valence-corrected chi connectivity index (χ1v) is 8.87. The molecule has 25 heavy (non-hydrogen) atoms. The molecule has 0 spiro atoms. The molecule has 0 saturated carbocycles. The van der Waals surface area contributed by atoms with Crippen molar-refractivity contribution in [3.63, 3.8) is 0 Å². The van der Waals surface area contributed by atoms with Gasteiger partial charge in [-0.15, -0.1) is 5.10 Å². The number of esters is 1. The second-order valence-corrected chi connectivity index (χ2v) is 6.63. The van der Waals surface area contributed by atoms with Gasteiger partial charge in [0.05, 0.1) is 19.8 Å². The zero-order valence-electron chi connectivity index (χ0n) is 14.6. The largest absolute Gasteiger partial charge is 0.496 e. The number of thioether (sulfide) groups is 1. The number of nitrogens with one attached hydrogen (secondary N) is 1. The molecular weight excluding hydrogens is 340 g/mol. The average molecular weight is 360 g/mol. The molecule has 0 amide bonds. The van der Waals surface area contributed by atoms with Gasteiger partial charge in [-0.25, -0.2) is 9.48 Å². The van der Waals surface area contributed by atoms with Crippen LogP contribution in [0.3, 0.4) is 0 Å². The molecule has 0 radical (unpaired) electrons. The molecule has 3 rings (SSSR count). The van der Waals surface area contributed by atoms with Crippen molar-refractivity contribution in [3.05, 3.63) is 41.1 Å². The van der Waals surface area contributed by atoms with Crippen molar-refractivity contribution in [1.82, 2.24) is 14.8 Å². The van der Waals surface area contributed by atoms with Crippen LogP contribution in [-0.2, 0) is 9.53 Å². The Balaban J connectivity index is 2.21. The van der Waals surface area contributed by atoms with Gasteiger partial charge in [-0.1, -0.05) is 36.9 Å². The number of hydrogen-bond acceptors (Lipinski definition) is 7. The predicted octanol–water partition coefficient (Wildman–Crippen LogP) is 2.86. The molecule has 1 aromatic heterocycles. The Kier molecular flexibility index (Phi) is 4.98. The van der Waals surface area contributed by atoms with E-state index in [0.29, 0.717) is 28.1 Å². The number of aromatic nitrogens is 3. The van der Waals surface area contributed by atoms with E-state index in [0.717, 1.165) is 11.3 Å². The SMILES string of the molecule is CCSc1nc2n(n1)C(c1ccccc1OC)C(C(=O)OC)=C(C)N2. The van der Waals surface area contributed by atoms with Gasteiger partial charge in [0.15, 0.2) is 0 Å². The minimum absolute atomic E-state index is 0.410. The van der Waals surface area contributed by atoms with E-state index in [1.165, 1.54) is 7.11 Å². The van der Waals surface area contributed by atoms with E-state index in [4.69, 9.17) is 9.47 Å². The monoisotopic (exact) mass is 360 g/mol. The Labute approximate surface area is 150 Å². The predicted molar refractivity (Wildman–Crippen MR) is 95.9 cm³/mol. The van der Waals surface area contributed by atoms with Crippen LogP contribution in [0.4, 0.5) is 5.95 Å². The number of nitrogens with zero attached hydrogens (tertiary/aromatic N) is 3. The van der Waals surface area contributed by atoms with Gasteiger partial charge in [0, 0.05) is 11.3 Å². The minimum atomic E-state index is -0.474. The third-order valence-corrected chi connectivity index (χ3v) is 4.67. The van der Waals surface area contributed by atoms with Gasteiger partial charge in [-0.05, 0) is 18.7 Å². The van der Waals surface area contributed by atoms with Crippen LogP contribution in [0.2, 0.25) is 0 Å². The van der Waals surface area contributed by atoms with Crippen LogP contribution in [-0.4, -0.2) is 40.7 Å². The maximum atomic E-state index is 12.5. The number of hydrogen-bond donors (Lipinski definition) is 1.